The Bertz CT molecular complexity index is 743. The molecule has 0 unspecified atom stereocenters. The molecule has 0 atom stereocenters. The van der Waals surface area contributed by atoms with Gasteiger partial charge in [-0.25, -0.2) is 8.78 Å². The molecule has 2 aromatic carbocycles. The van der Waals surface area contributed by atoms with E-state index in [0.717, 1.165) is 18.4 Å². The third kappa shape index (κ3) is 4.68. The number of hydrogen-bond donors (Lipinski definition) is 1. The van der Waals surface area contributed by atoms with Gasteiger partial charge >= 0.3 is 0 Å². The Morgan fingerprint density at radius 2 is 1.57 bits per heavy atom. The first kappa shape index (κ1) is 18.2. The smallest absolute Gasteiger partial charge is 0.160 e. The summed E-state index contributed by atoms with van der Waals surface area (Å²) >= 11 is 6.31. The monoisotopic (exact) mass is 446 g/mol. The molecule has 1 N–H and O–H groups in total. The standard InChI is InChI=1S/C9H8BrFO.C8H6BrFO/c10-8-5-6(11)1-2-7(8)9(12)3-4-9;1-5(11)7-3-2-6(10)4-8(7)9/h1-2,5,12H,3-4H2;2-4H,1H3. The van der Waals surface area contributed by atoms with Crippen LogP contribution in [0.2, 0.25) is 0 Å². The van der Waals surface area contributed by atoms with Crippen LogP contribution in [0, 0.1) is 11.6 Å². The Hall–Kier alpha value is -1.11. The second kappa shape index (κ2) is 7.20. The first-order valence-corrected chi connectivity index (χ1v) is 8.45. The maximum absolute atomic E-state index is 12.6. The van der Waals surface area contributed by atoms with Crippen molar-refractivity contribution in [3.05, 3.63) is 68.1 Å². The van der Waals surface area contributed by atoms with Crippen molar-refractivity contribution in [3.63, 3.8) is 0 Å². The molecule has 1 aliphatic rings. The lowest BCUT2D eigenvalue weighted by Gasteiger charge is -2.09. The van der Waals surface area contributed by atoms with Gasteiger partial charge in [0.15, 0.2) is 5.78 Å². The number of rotatable bonds is 2. The largest absolute Gasteiger partial charge is 0.385 e. The maximum atomic E-state index is 12.6. The highest BCUT2D eigenvalue weighted by Crippen LogP contribution is 2.47. The second-order valence-corrected chi connectivity index (χ2v) is 7.04. The van der Waals surface area contributed by atoms with Crippen LogP contribution in [0.5, 0.6) is 0 Å². The summed E-state index contributed by atoms with van der Waals surface area (Å²) in [6.45, 7) is 1.44. The fourth-order valence-electron chi connectivity index (χ4n) is 2.03. The number of aliphatic hydroxyl groups is 1. The third-order valence-electron chi connectivity index (χ3n) is 3.47. The van der Waals surface area contributed by atoms with Crippen molar-refractivity contribution in [1.82, 2.24) is 0 Å². The van der Waals surface area contributed by atoms with E-state index >= 15 is 0 Å². The van der Waals surface area contributed by atoms with Gasteiger partial charge in [0, 0.05) is 14.5 Å². The minimum Gasteiger partial charge on any atom is -0.385 e. The maximum Gasteiger partial charge on any atom is 0.160 e. The van der Waals surface area contributed by atoms with E-state index in [1.165, 1.54) is 37.3 Å². The second-order valence-electron chi connectivity index (χ2n) is 5.34. The Labute approximate surface area is 149 Å². The summed E-state index contributed by atoms with van der Waals surface area (Å²) in [4.78, 5) is 10.8. The molecule has 1 saturated carbocycles. The summed E-state index contributed by atoms with van der Waals surface area (Å²) in [5.41, 5.74) is 0.613. The summed E-state index contributed by atoms with van der Waals surface area (Å²) in [5.74, 6) is -0.700. The molecule has 0 aliphatic heterocycles. The molecule has 0 saturated heterocycles. The lowest BCUT2D eigenvalue weighted by atomic mass is 10.1. The molecule has 23 heavy (non-hydrogen) atoms. The summed E-state index contributed by atoms with van der Waals surface area (Å²) in [6.07, 6.45) is 1.55. The van der Waals surface area contributed by atoms with Gasteiger partial charge in [-0.1, -0.05) is 22.0 Å². The van der Waals surface area contributed by atoms with E-state index in [-0.39, 0.29) is 17.4 Å². The number of ketones is 1. The molecule has 0 bridgehead atoms. The lowest BCUT2D eigenvalue weighted by Crippen LogP contribution is -2.04. The van der Waals surface area contributed by atoms with Crippen molar-refractivity contribution < 1.29 is 18.7 Å². The van der Waals surface area contributed by atoms with E-state index in [9.17, 15) is 18.7 Å². The van der Waals surface area contributed by atoms with Crippen LogP contribution in [0.15, 0.2) is 45.3 Å². The quantitative estimate of drug-likeness (QED) is 0.629. The molecule has 0 aromatic heterocycles. The van der Waals surface area contributed by atoms with Gasteiger partial charge in [0.25, 0.3) is 0 Å². The average molecular weight is 448 g/mol. The van der Waals surface area contributed by atoms with Crippen LogP contribution in [0.4, 0.5) is 8.78 Å². The number of benzene rings is 2. The number of halogens is 4. The molecule has 0 heterocycles. The molecule has 122 valence electrons. The van der Waals surface area contributed by atoms with E-state index in [0.29, 0.717) is 14.5 Å². The average Bonchev–Trinajstić information content (AvgIpc) is 3.17. The zero-order valence-electron chi connectivity index (χ0n) is 12.2. The molecule has 1 fully saturated rings. The van der Waals surface area contributed by atoms with Crippen LogP contribution in [0.25, 0.3) is 0 Å². The molecular weight excluding hydrogens is 434 g/mol. The van der Waals surface area contributed by atoms with Crippen LogP contribution < -0.4 is 0 Å². The van der Waals surface area contributed by atoms with Crippen LogP contribution in [0.3, 0.4) is 0 Å². The van der Waals surface area contributed by atoms with Crippen molar-refractivity contribution >= 4 is 37.6 Å². The van der Waals surface area contributed by atoms with Crippen molar-refractivity contribution in [2.24, 2.45) is 0 Å². The predicted octanol–water partition coefficient (Wildman–Crippen LogP) is 5.36. The van der Waals surface area contributed by atoms with Crippen LogP contribution >= 0.6 is 31.9 Å². The molecule has 3 rings (SSSR count). The van der Waals surface area contributed by atoms with E-state index in [4.69, 9.17) is 0 Å². The van der Waals surface area contributed by atoms with Crippen molar-refractivity contribution in [2.75, 3.05) is 0 Å². The van der Waals surface area contributed by atoms with Crippen LogP contribution in [-0.4, -0.2) is 10.9 Å². The molecule has 0 radical (unpaired) electrons. The molecule has 1 aliphatic carbocycles. The van der Waals surface area contributed by atoms with Gasteiger partial charge in [-0.15, -0.1) is 0 Å². The Balaban J connectivity index is 0.000000168. The fraction of sp³-hybridized carbons (Fsp3) is 0.235. The summed E-state index contributed by atoms with van der Waals surface area (Å²) < 4.78 is 26.3. The van der Waals surface area contributed by atoms with Crippen LogP contribution in [-0.2, 0) is 5.60 Å². The first-order valence-electron chi connectivity index (χ1n) is 6.87. The zero-order valence-corrected chi connectivity index (χ0v) is 15.4. The van der Waals surface area contributed by atoms with Gasteiger partial charge in [0.1, 0.15) is 11.6 Å². The third-order valence-corrected chi connectivity index (χ3v) is 4.78. The number of hydrogen-bond acceptors (Lipinski definition) is 2. The fourth-order valence-corrected chi connectivity index (χ4v) is 3.38. The van der Waals surface area contributed by atoms with Gasteiger partial charge in [-0.3, -0.25) is 4.79 Å². The van der Waals surface area contributed by atoms with Gasteiger partial charge in [-0.2, -0.15) is 0 Å². The summed E-state index contributed by atoms with van der Waals surface area (Å²) in [6, 6.07) is 8.38. The number of Topliss-reactive ketones (excluding diaryl/α,β-unsaturated/α-hetero) is 1. The molecule has 2 aromatic rings. The van der Waals surface area contributed by atoms with Gasteiger partial charge in [-0.05, 0) is 71.6 Å². The molecule has 0 spiro atoms. The molecule has 2 nitrogen and oxygen atoms in total. The number of carbonyl (C=O) groups is 1. The van der Waals surface area contributed by atoms with Crippen molar-refractivity contribution in [2.45, 2.75) is 25.4 Å². The minimum atomic E-state index is -0.688. The summed E-state index contributed by atoms with van der Waals surface area (Å²) in [7, 11) is 0. The number of carbonyl (C=O) groups excluding carboxylic acids is 1. The van der Waals surface area contributed by atoms with E-state index < -0.39 is 5.60 Å². The van der Waals surface area contributed by atoms with Crippen molar-refractivity contribution in [3.8, 4) is 0 Å². The highest BCUT2D eigenvalue weighted by molar-refractivity contribution is 9.10. The first-order chi connectivity index (χ1) is 10.7. The highest BCUT2D eigenvalue weighted by Gasteiger charge is 2.43. The topological polar surface area (TPSA) is 37.3 Å². The van der Waals surface area contributed by atoms with E-state index in [1.807, 2.05) is 0 Å². The van der Waals surface area contributed by atoms with E-state index in [2.05, 4.69) is 31.9 Å². The SMILES string of the molecule is CC(=O)c1ccc(F)cc1Br.OC1(c2ccc(F)cc2Br)CC1. The van der Waals surface area contributed by atoms with Gasteiger partial charge in [0.2, 0.25) is 0 Å². The molecule has 0 amide bonds. The Morgan fingerprint density at radius 1 is 1.04 bits per heavy atom. The normalized spacial score (nSPS) is 14.7. The zero-order chi connectivity index (χ0) is 17.2. The van der Waals surface area contributed by atoms with Gasteiger partial charge < -0.3 is 5.11 Å². The lowest BCUT2D eigenvalue weighted by molar-refractivity contribution is 0.101. The summed E-state index contributed by atoms with van der Waals surface area (Å²) in [5, 5.41) is 9.72. The Kier molecular flexibility index (Phi) is 5.70. The minimum absolute atomic E-state index is 0.0723. The van der Waals surface area contributed by atoms with Crippen LogP contribution in [0.1, 0.15) is 35.7 Å². The predicted molar refractivity (Wildman–Crippen MR) is 91.3 cm³/mol. The molecule has 6 heteroatoms. The molecular formula is C17H14Br2F2O2. The van der Waals surface area contributed by atoms with Gasteiger partial charge in [0.05, 0.1) is 5.60 Å². The highest BCUT2D eigenvalue weighted by atomic mass is 79.9. The van der Waals surface area contributed by atoms with Crippen molar-refractivity contribution in [1.29, 1.82) is 0 Å². The Morgan fingerprint density at radius 3 is 2.00 bits per heavy atom. The van der Waals surface area contributed by atoms with E-state index in [1.54, 1.807) is 6.07 Å².